The van der Waals surface area contributed by atoms with Gasteiger partial charge in [0, 0.05) is 24.5 Å². The van der Waals surface area contributed by atoms with Gasteiger partial charge in [-0.05, 0) is 31.0 Å². The lowest BCUT2D eigenvalue weighted by Crippen LogP contribution is -2.34. The van der Waals surface area contributed by atoms with Gasteiger partial charge < -0.3 is 10.1 Å². The summed E-state index contributed by atoms with van der Waals surface area (Å²) in [5, 5.41) is 3.90. The van der Waals surface area contributed by atoms with Gasteiger partial charge in [-0.25, -0.2) is 0 Å². The van der Waals surface area contributed by atoms with Gasteiger partial charge in [-0.1, -0.05) is 25.7 Å². The summed E-state index contributed by atoms with van der Waals surface area (Å²) in [5.74, 6) is 0.450. The van der Waals surface area contributed by atoms with Gasteiger partial charge in [0.2, 0.25) is 5.91 Å². The molecule has 0 unspecified atom stereocenters. The van der Waals surface area contributed by atoms with Crippen LogP contribution in [0.25, 0.3) is 10.9 Å². The summed E-state index contributed by atoms with van der Waals surface area (Å²) in [6.45, 7) is 1.50. The van der Waals surface area contributed by atoms with E-state index in [1.165, 1.54) is 24.3 Å². The molecule has 0 spiro atoms. The van der Waals surface area contributed by atoms with Crippen LogP contribution in [0.15, 0.2) is 24.4 Å². The van der Waals surface area contributed by atoms with Crippen molar-refractivity contribution < 1.29 is 14.3 Å². The molecule has 1 heterocycles. The Balaban J connectivity index is 1.94. The predicted octanol–water partition coefficient (Wildman–Crippen LogP) is 3.76. The van der Waals surface area contributed by atoms with Gasteiger partial charge in [-0.2, -0.15) is 0 Å². The fraction of sp³-hybridized carbons (Fsp3) is 0.474. The summed E-state index contributed by atoms with van der Waals surface area (Å²) in [4.78, 5) is 24.7. The fourth-order valence-corrected chi connectivity index (χ4v) is 3.46. The number of carbonyl (C=O) groups excluding carboxylic acids is 2. The monoisotopic (exact) mass is 328 g/mol. The molecule has 1 amide bonds. The molecule has 0 bridgehead atoms. The summed E-state index contributed by atoms with van der Waals surface area (Å²) in [6, 6.07) is 5.66. The van der Waals surface area contributed by atoms with Crippen molar-refractivity contribution in [3.8, 4) is 5.75 Å². The number of carbonyl (C=O) groups is 2. The molecule has 5 heteroatoms. The highest BCUT2D eigenvalue weighted by Gasteiger charge is 2.21. The molecule has 0 atom stereocenters. The van der Waals surface area contributed by atoms with E-state index in [0.29, 0.717) is 11.3 Å². The Morgan fingerprint density at radius 3 is 2.50 bits per heavy atom. The van der Waals surface area contributed by atoms with Crippen LogP contribution in [0.3, 0.4) is 0 Å². The summed E-state index contributed by atoms with van der Waals surface area (Å²) in [6.07, 6.45) is 8.50. The predicted molar refractivity (Wildman–Crippen MR) is 93.7 cm³/mol. The third kappa shape index (κ3) is 3.30. The van der Waals surface area contributed by atoms with Crippen LogP contribution in [0.4, 0.5) is 0 Å². The number of methoxy groups -OCH3 is 1. The Kier molecular flexibility index (Phi) is 4.88. The van der Waals surface area contributed by atoms with Crippen molar-refractivity contribution in [3.63, 3.8) is 0 Å². The van der Waals surface area contributed by atoms with Crippen LogP contribution >= 0.6 is 0 Å². The van der Waals surface area contributed by atoms with Gasteiger partial charge in [0.25, 0.3) is 5.91 Å². The quantitative estimate of drug-likeness (QED) is 0.873. The average molecular weight is 328 g/mol. The number of aromatic nitrogens is 1. The fourth-order valence-electron chi connectivity index (χ4n) is 3.46. The summed E-state index contributed by atoms with van der Waals surface area (Å²) in [7, 11) is 1.59. The van der Waals surface area contributed by atoms with Gasteiger partial charge in [-0.15, -0.1) is 0 Å². The number of fused-ring (bicyclic) bond motifs is 1. The van der Waals surface area contributed by atoms with Gasteiger partial charge in [0.15, 0.2) is 0 Å². The second-order valence-electron chi connectivity index (χ2n) is 6.48. The average Bonchev–Trinajstić information content (AvgIpc) is 2.77. The van der Waals surface area contributed by atoms with Crippen LogP contribution in [0.5, 0.6) is 5.75 Å². The van der Waals surface area contributed by atoms with E-state index >= 15 is 0 Å². The highest BCUT2D eigenvalue weighted by Crippen LogP contribution is 2.27. The first kappa shape index (κ1) is 16.6. The number of nitrogens with zero attached hydrogens (tertiary/aromatic N) is 1. The van der Waals surface area contributed by atoms with E-state index in [1.54, 1.807) is 19.4 Å². The van der Waals surface area contributed by atoms with E-state index in [2.05, 4.69) is 5.32 Å². The van der Waals surface area contributed by atoms with E-state index < -0.39 is 0 Å². The van der Waals surface area contributed by atoms with Crippen molar-refractivity contribution in [2.24, 2.45) is 0 Å². The van der Waals surface area contributed by atoms with Crippen LogP contribution in [0, 0.1) is 0 Å². The highest BCUT2D eigenvalue weighted by atomic mass is 16.5. The molecule has 0 radical (unpaired) electrons. The number of benzene rings is 1. The van der Waals surface area contributed by atoms with E-state index in [-0.39, 0.29) is 17.9 Å². The number of amides is 1. The third-order valence-electron chi connectivity index (χ3n) is 4.79. The Bertz CT molecular complexity index is 755. The second kappa shape index (κ2) is 7.07. The lowest BCUT2D eigenvalue weighted by atomic mass is 10.1. The maximum absolute atomic E-state index is 12.8. The Hall–Kier alpha value is -2.30. The first-order chi connectivity index (χ1) is 11.6. The van der Waals surface area contributed by atoms with Crippen LogP contribution in [-0.4, -0.2) is 29.5 Å². The van der Waals surface area contributed by atoms with Crippen molar-refractivity contribution in [2.75, 3.05) is 7.11 Å². The largest absolute Gasteiger partial charge is 0.497 e. The van der Waals surface area contributed by atoms with Gasteiger partial charge in [0.1, 0.15) is 5.75 Å². The number of ether oxygens (including phenoxy) is 1. The Morgan fingerprint density at radius 2 is 1.88 bits per heavy atom. The lowest BCUT2D eigenvalue weighted by Gasteiger charge is -2.15. The molecule has 1 N–H and O–H groups in total. The van der Waals surface area contributed by atoms with Crippen LogP contribution in [0.2, 0.25) is 0 Å². The maximum atomic E-state index is 12.8. The van der Waals surface area contributed by atoms with Gasteiger partial charge >= 0.3 is 0 Å². The summed E-state index contributed by atoms with van der Waals surface area (Å²) in [5.41, 5.74) is 1.26. The molecule has 2 aromatic rings. The molecular weight excluding hydrogens is 304 g/mol. The Morgan fingerprint density at radius 1 is 1.17 bits per heavy atom. The smallest absolute Gasteiger partial charge is 0.253 e. The number of nitrogens with one attached hydrogen (secondary N) is 1. The van der Waals surface area contributed by atoms with E-state index in [0.717, 1.165) is 36.6 Å². The van der Waals surface area contributed by atoms with E-state index in [4.69, 9.17) is 4.74 Å². The van der Waals surface area contributed by atoms with Crippen LogP contribution in [-0.2, 0) is 0 Å². The molecule has 1 aliphatic rings. The lowest BCUT2D eigenvalue weighted by molar-refractivity contribution is 0.0935. The normalized spacial score (nSPS) is 15.9. The number of hydrogen-bond donors (Lipinski definition) is 1. The van der Waals surface area contributed by atoms with Crippen molar-refractivity contribution >= 4 is 22.7 Å². The molecule has 1 aromatic heterocycles. The van der Waals surface area contributed by atoms with Crippen LogP contribution < -0.4 is 10.1 Å². The highest BCUT2D eigenvalue weighted by molar-refractivity contribution is 6.09. The zero-order valence-corrected chi connectivity index (χ0v) is 14.3. The first-order valence-corrected chi connectivity index (χ1v) is 8.61. The third-order valence-corrected chi connectivity index (χ3v) is 4.79. The number of rotatable bonds is 3. The molecule has 128 valence electrons. The van der Waals surface area contributed by atoms with Crippen LogP contribution in [0.1, 0.15) is 60.6 Å². The molecular formula is C19H24N2O3. The molecule has 0 aliphatic heterocycles. The Labute approximate surface area is 142 Å². The van der Waals surface area contributed by atoms with E-state index in [9.17, 15) is 9.59 Å². The zero-order valence-electron chi connectivity index (χ0n) is 14.3. The molecule has 3 rings (SSSR count). The maximum Gasteiger partial charge on any atom is 0.253 e. The van der Waals surface area contributed by atoms with Crippen molar-refractivity contribution in [3.05, 3.63) is 30.0 Å². The zero-order chi connectivity index (χ0) is 17.1. The minimum absolute atomic E-state index is 0.111. The van der Waals surface area contributed by atoms with E-state index in [1.807, 2.05) is 12.1 Å². The second-order valence-corrected chi connectivity index (χ2v) is 6.48. The van der Waals surface area contributed by atoms with Crippen molar-refractivity contribution in [1.29, 1.82) is 0 Å². The topological polar surface area (TPSA) is 60.3 Å². The molecule has 1 fully saturated rings. The molecule has 24 heavy (non-hydrogen) atoms. The molecule has 5 nitrogen and oxygen atoms in total. The minimum atomic E-state index is -0.112. The van der Waals surface area contributed by atoms with Gasteiger partial charge in [0.05, 0.1) is 18.2 Å². The summed E-state index contributed by atoms with van der Waals surface area (Å²) >= 11 is 0. The molecule has 1 aliphatic carbocycles. The molecule has 1 aromatic carbocycles. The first-order valence-electron chi connectivity index (χ1n) is 8.61. The van der Waals surface area contributed by atoms with Crippen molar-refractivity contribution in [1.82, 2.24) is 9.88 Å². The minimum Gasteiger partial charge on any atom is -0.497 e. The standard InChI is InChI=1S/C19H24N2O3/c1-13(22)21-12-17(16-11-15(24-2)9-10-18(16)21)19(23)20-14-7-5-3-4-6-8-14/h9-12,14H,3-8H2,1-2H3,(H,20,23). The van der Waals surface area contributed by atoms with Crippen molar-refractivity contribution in [2.45, 2.75) is 51.5 Å². The number of hydrogen-bond acceptors (Lipinski definition) is 3. The summed E-state index contributed by atoms with van der Waals surface area (Å²) < 4.78 is 6.79. The molecule has 0 saturated heterocycles. The van der Waals surface area contributed by atoms with Gasteiger partial charge in [-0.3, -0.25) is 14.2 Å². The molecule has 1 saturated carbocycles. The SMILES string of the molecule is COc1ccc2c(c1)c(C(=O)NC1CCCCCC1)cn2C(C)=O.